The third kappa shape index (κ3) is 4.22. The van der Waals surface area contributed by atoms with Crippen molar-refractivity contribution in [3.05, 3.63) is 29.8 Å². The fourth-order valence-corrected chi connectivity index (χ4v) is 2.32. The van der Waals surface area contributed by atoms with Gasteiger partial charge in [0, 0.05) is 0 Å². The molecule has 1 rings (SSSR count). The molecule has 0 unspecified atom stereocenters. The standard InChI is InChI=1S/C13H13NSe/c1-15-13-10-6-5-9-12(13)8-4-2-3-7-11-14/h5-6,9-10H,2-3,7H2,1H3. The molecule has 0 saturated heterocycles. The van der Waals surface area contributed by atoms with Gasteiger partial charge in [0.15, 0.2) is 0 Å². The second-order valence-corrected chi connectivity index (χ2v) is 4.79. The van der Waals surface area contributed by atoms with Crippen LogP contribution in [0.25, 0.3) is 0 Å². The molecule has 15 heavy (non-hydrogen) atoms. The third-order valence-corrected chi connectivity index (χ3v) is 3.59. The molecule has 1 aromatic carbocycles. The van der Waals surface area contributed by atoms with Gasteiger partial charge in [0.25, 0.3) is 0 Å². The Kier molecular flexibility index (Phi) is 5.64. The summed E-state index contributed by atoms with van der Waals surface area (Å²) in [6.07, 6.45) is 2.30. The first-order valence-corrected chi connectivity index (χ1v) is 7.44. The molecule has 0 aliphatic heterocycles. The normalized spacial score (nSPS) is 8.80. The summed E-state index contributed by atoms with van der Waals surface area (Å²) in [5, 5.41) is 8.37. The van der Waals surface area contributed by atoms with Crippen LogP contribution < -0.4 is 4.46 Å². The van der Waals surface area contributed by atoms with Gasteiger partial charge < -0.3 is 0 Å². The fraction of sp³-hybridized carbons (Fsp3) is 0.308. The van der Waals surface area contributed by atoms with E-state index in [-0.39, 0.29) is 0 Å². The summed E-state index contributed by atoms with van der Waals surface area (Å²) in [7, 11) is 0. The monoisotopic (exact) mass is 263 g/mol. The van der Waals surface area contributed by atoms with Crippen molar-refractivity contribution in [3.8, 4) is 17.9 Å². The van der Waals surface area contributed by atoms with Gasteiger partial charge in [0.05, 0.1) is 0 Å². The van der Waals surface area contributed by atoms with Crippen LogP contribution in [-0.2, 0) is 0 Å². The zero-order valence-electron chi connectivity index (χ0n) is 8.79. The summed E-state index contributed by atoms with van der Waals surface area (Å²) in [6.45, 7) is 0. The van der Waals surface area contributed by atoms with Crippen molar-refractivity contribution < 1.29 is 0 Å². The third-order valence-electron chi connectivity index (χ3n) is 1.92. The van der Waals surface area contributed by atoms with Crippen LogP contribution in [0.5, 0.6) is 0 Å². The molecule has 0 spiro atoms. The summed E-state index contributed by atoms with van der Waals surface area (Å²) < 4.78 is 1.36. The van der Waals surface area contributed by atoms with E-state index in [1.165, 1.54) is 4.46 Å². The molecule has 0 bridgehead atoms. The summed E-state index contributed by atoms with van der Waals surface area (Å²) in [5.41, 5.74) is 1.15. The first-order valence-electron chi connectivity index (χ1n) is 4.87. The zero-order chi connectivity index (χ0) is 10.9. The van der Waals surface area contributed by atoms with Crippen LogP contribution in [0.3, 0.4) is 0 Å². The molecular formula is C13H13NSe. The van der Waals surface area contributed by atoms with Crippen LogP contribution in [0.1, 0.15) is 24.8 Å². The number of rotatable bonds is 3. The van der Waals surface area contributed by atoms with Crippen LogP contribution in [0.15, 0.2) is 24.3 Å². The minimum atomic E-state index is 0.498. The van der Waals surface area contributed by atoms with Gasteiger partial charge in [0.2, 0.25) is 0 Å². The minimum absolute atomic E-state index is 0.498. The Morgan fingerprint density at radius 3 is 2.80 bits per heavy atom. The quantitative estimate of drug-likeness (QED) is 0.465. The molecular weight excluding hydrogens is 249 g/mol. The molecule has 0 heterocycles. The molecule has 2 heteroatoms. The Morgan fingerprint density at radius 1 is 1.27 bits per heavy atom. The average molecular weight is 262 g/mol. The Morgan fingerprint density at radius 2 is 2.07 bits per heavy atom. The van der Waals surface area contributed by atoms with Gasteiger partial charge in [-0.15, -0.1) is 0 Å². The van der Waals surface area contributed by atoms with Gasteiger partial charge in [-0.25, -0.2) is 0 Å². The van der Waals surface area contributed by atoms with Crippen LogP contribution >= 0.6 is 0 Å². The number of unbranched alkanes of at least 4 members (excludes halogenated alkanes) is 2. The molecule has 0 radical (unpaired) electrons. The second kappa shape index (κ2) is 7.13. The molecule has 0 atom stereocenters. The summed E-state index contributed by atoms with van der Waals surface area (Å²) >= 11 is 0.498. The van der Waals surface area contributed by atoms with Crippen LogP contribution in [0, 0.1) is 23.2 Å². The number of benzene rings is 1. The van der Waals surface area contributed by atoms with E-state index in [0.717, 1.165) is 18.4 Å². The van der Waals surface area contributed by atoms with E-state index >= 15 is 0 Å². The molecule has 0 N–H and O–H groups in total. The summed E-state index contributed by atoms with van der Waals surface area (Å²) in [6, 6.07) is 10.4. The number of hydrogen-bond acceptors (Lipinski definition) is 1. The Bertz CT molecular complexity index is 407. The van der Waals surface area contributed by atoms with Crippen LogP contribution in [-0.4, -0.2) is 15.0 Å². The average Bonchev–Trinajstić information content (AvgIpc) is 2.29. The molecule has 0 aliphatic carbocycles. The topological polar surface area (TPSA) is 23.8 Å². The van der Waals surface area contributed by atoms with Crippen molar-refractivity contribution in [1.29, 1.82) is 5.26 Å². The van der Waals surface area contributed by atoms with Gasteiger partial charge >= 0.3 is 97.5 Å². The van der Waals surface area contributed by atoms with E-state index in [1.807, 2.05) is 6.07 Å². The summed E-state index contributed by atoms with van der Waals surface area (Å²) in [4.78, 5) is 0. The molecule has 0 aromatic heterocycles. The van der Waals surface area contributed by atoms with Crippen LogP contribution in [0.2, 0.25) is 5.82 Å². The van der Waals surface area contributed by atoms with Crippen molar-refractivity contribution in [2.45, 2.75) is 25.1 Å². The van der Waals surface area contributed by atoms with E-state index < -0.39 is 0 Å². The first-order chi connectivity index (χ1) is 7.38. The molecule has 0 aliphatic rings. The number of nitriles is 1. The van der Waals surface area contributed by atoms with Crippen molar-refractivity contribution in [3.63, 3.8) is 0 Å². The molecule has 0 amide bonds. The van der Waals surface area contributed by atoms with E-state index in [9.17, 15) is 0 Å². The molecule has 0 fully saturated rings. The zero-order valence-corrected chi connectivity index (χ0v) is 10.5. The maximum absolute atomic E-state index is 8.37. The second-order valence-electron chi connectivity index (χ2n) is 3.01. The Balaban J connectivity index is 2.59. The van der Waals surface area contributed by atoms with Crippen molar-refractivity contribution >= 4 is 19.4 Å². The number of nitrogens with zero attached hydrogens (tertiary/aromatic N) is 1. The number of hydrogen-bond donors (Lipinski definition) is 0. The van der Waals surface area contributed by atoms with Gasteiger partial charge in [-0.2, -0.15) is 0 Å². The molecule has 1 aromatic rings. The Hall–Kier alpha value is -1.21. The first kappa shape index (κ1) is 11.9. The van der Waals surface area contributed by atoms with Gasteiger partial charge in [-0.05, 0) is 0 Å². The maximum atomic E-state index is 8.37. The van der Waals surface area contributed by atoms with Crippen LogP contribution in [0.4, 0.5) is 0 Å². The molecule has 76 valence electrons. The summed E-state index contributed by atoms with van der Waals surface area (Å²) in [5.74, 6) is 8.50. The van der Waals surface area contributed by atoms with Gasteiger partial charge in [-0.1, -0.05) is 0 Å². The molecule has 1 nitrogen and oxygen atoms in total. The SMILES string of the molecule is C[Se]c1ccccc1C#CCCCC#N. The molecule has 0 saturated carbocycles. The predicted octanol–water partition coefficient (Wildman–Crippen LogP) is 2.11. The van der Waals surface area contributed by atoms with E-state index in [1.54, 1.807) is 0 Å². The van der Waals surface area contributed by atoms with E-state index in [0.29, 0.717) is 21.4 Å². The van der Waals surface area contributed by atoms with Crippen molar-refractivity contribution in [2.75, 3.05) is 0 Å². The van der Waals surface area contributed by atoms with Crippen molar-refractivity contribution in [2.24, 2.45) is 0 Å². The Labute approximate surface area is 97.7 Å². The van der Waals surface area contributed by atoms with E-state index in [4.69, 9.17) is 5.26 Å². The van der Waals surface area contributed by atoms with Gasteiger partial charge in [-0.3, -0.25) is 0 Å². The fourth-order valence-electron chi connectivity index (χ4n) is 1.16. The van der Waals surface area contributed by atoms with Gasteiger partial charge in [0.1, 0.15) is 0 Å². The van der Waals surface area contributed by atoms with Crippen molar-refractivity contribution in [1.82, 2.24) is 0 Å². The predicted molar refractivity (Wildman–Crippen MR) is 64.0 cm³/mol. The van der Waals surface area contributed by atoms with E-state index in [2.05, 4.69) is 41.9 Å².